The molecule has 0 unspecified atom stereocenters. The molecule has 0 radical (unpaired) electrons. The van der Waals surface area contributed by atoms with E-state index in [0.717, 1.165) is 35.7 Å². The summed E-state index contributed by atoms with van der Waals surface area (Å²) >= 11 is 1.70. The molecule has 1 aromatic heterocycles. The second kappa shape index (κ2) is 7.62. The first kappa shape index (κ1) is 15.3. The van der Waals surface area contributed by atoms with Gasteiger partial charge in [0.05, 0.1) is 17.2 Å². The molecule has 0 spiro atoms. The number of thiazole rings is 1. The molecule has 0 amide bonds. The van der Waals surface area contributed by atoms with E-state index in [2.05, 4.69) is 32.6 Å². The van der Waals surface area contributed by atoms with Crippen LogP contribution in [0.2, 0.25) is 0 Å². The smallest absolute Gasteiger partial charge is 0.193 e. The molecule has 0 bridgehead atoms. The zero-order valence-corrected chi connectivity index (χ0v) is 13.7. The summed E-state index contributed by atoms with van der Waals surface area (Å²) in [6.07, 6.45) is 6.93. The minimum Gasteiger partial charge on any atom is -0.356 e. The third-order valence-corrected chi connectivity index (χ3v) is 4.77. The van der Waals surface area contributed by atoms with Gasteiger partial charge in [0.2, 0.25) is 0 Å². The molecule has 0 saturated heterocycles. The Balaban J connectivity index is 1.75. The highest BCUT2D eigenvalue weighted by Crippen LogP contribution is 2.26. The number of nitrogens with zero attached hydrogens (tertiary/aromatic N) is 3. The van der Waals surface area contributed by atoms with Gasteiger partial charge in [0.1, 0.15) is 0 Å². The number of hydrogen-bond donors (Lipinski definition) is 1. The maximum atomic E-state index is 4.50. The van der Waals surface area contributed by atoms with E-state index in [1.807, 2.05) is 14.0 Å². The molecule has 1 aromatic rings. The lowest BCUT2D eigenvalue weighted by atomic mass is 10.0. The summed E-state index contributed by atoms with van der Waals surface area (Å²) in [6, 6.07) is 0. The van der Waals surface area contributed by atoms with Crippen molar-refractivity contribution in [1.29, 1.82) is 0 Å². The summed E-state index contributed by atoms with van der Waals surface area (Å²) < 4.78 is 0. The predicted molar refractivity (Wildman–Crippen MR) is 86.3 cm³/mol. The minimum absolute atomic E-state index is 0.813. The molecule has 1 aliphatic carbocycles. The Labute approximate surface area is 126 Å². The van der Waals surface area contributed by atoms with Crippen LogP contribution >= 0.6 is 11.3 Å². The first-order chi connectivity index (χ1) is 9.69. The van der Waals surface area contributed by atoms with Crippen LogP contribution in [0.5, 0.6) is 0 Å². The van der Waals surface area contributed by atoms with Gasteiger partial charge in [-0.25, -0.2) is 4.98 Å². The lowest BCUT2D eigenvalue weighted by Crippen LogP contribution is -2.39. The number of rotatable bonds is 5. The van der Waals surface area contributed by atoms with Crippen molar-refractivity contribution in [2.24, 2.45) is 10.9 Å². The first-order valence-electron chi connectivity index (χ1n) is 7.52. The van der Waals surface area contributed by atoms with Crippen LogP contribution in [0.25, 0.3) is 0 Å². The average Bonchev–Trinajstić information content (AvgIpc) is 3.06. The summed E-state index contributed by atoms with van der Waals surface area (Å²) in [5.74, 6) is 1.89. The highest BCUT2D eigenvalue weighted by Gasteiger charge is 2.15. The average molecular weight is 294 g/mol. The van der Waals surface area contributed by atoms with Crippen molar-refractivity contribution in [2.75, 3.05) is 20.6 Å². The van der Waals surface area contributed by atoms with Crippen LogP contribution in [-0.4, -0.2) is 36.5 Å². The van der Waals surface area contributed by atoms with Gasteiger partial charge in [0.15, 0.2) is 5.96 Å². The maximum absolute atomic E-state index is 4.50. The second-order valence-corrected chi connectivity index (χ2v) is 6.69. The molecule has 20 heavy (non-hydrogen) atoms. The third kappa shape index (κ3) is 4.47. The fraction of sp³-hybridized carbons (Fsp3) is 0.733. The van der Waals surface area contributed by atoms with Crippen LogP contribution in [0, 0.1) is 12.8 Å². The Morgan fingerprint density at radius 2 is 2.25 bits per heavy atom. The zero-order chi connectivity index (χ0) is 14.4. The molecule has 1 N–H and O–H groups in total. The summed E-state index contributed by atoms with van der Waals surface area (Å²) in [5.41, 5.74) is 1.12. The molecule has 112 valence electrons. The van der Waals surface area contributed by atoms with E-state index in [9.17, 15) is 0 Å². The van der Waals surface area contributed by atoms with Crippen LogP contribution in [0.4, 0.5) is 0 Å². The molecule has 4 nitrogen and oxygen atoms in total. The van der Waals surface area contributed by atoms with Gasteiger partial charge in [-0.3, -0.25) is 4.99 Å². The summed E-state index contributed by atoms with van der Waals surface area (Å²) in [6.45, 7) is 3.88. The SMILES string of the molecule is CN=C(NCCC1CCCC1)N(C)Cc1csc(C)n1. The van der Waals surface area contributed by atoms with E-state index in [1.165, 1.54) is 32.1 Å². The van der Waals surface area contributed by atoms with Crippen molar-refractivity contribution in [3.05, 3.63) is 16.1 Å². The van der Waals surface area contributed by atoms with Gasteiger partial charge in [-0.1, -0.05) is 25.7 Å². The molecule has 5 heteroatoms. The van der Waals surface area contributed by atoms with Crippen molar-refractivity contribution in [2.45, 2.75) is 45.6 Å². The van der Waals surface area contributed by atoms with Crippen molar-refractivity contribution in [1.82, 2.24) is 15.2 Å². The second-order valence-electron chi connectivity index (χ2n) is 5.63. The number of aromatic nitrogens is 1. The largest absolute Gasteiger partial charge is 0.356 e. The number of aryl methyl sites for hydroxylation is 1. The lowest BCUT2D eigenvalue weighted by molar-refractivity contribution is 0.453. The third-order valence-electron chi connectivity index (χ3n) is 3.95. The monoisotopic (exact) mass is 294 g/mol. The predicted octanol–water partition coefficient (Wildman–Crippen LogP) is 3.04. The van der Waals surface area contributed by atoms with Gasteiger partial charge in [0.25, 0.3) is 0 Å². The van der Waals surface area contributed by atoms with Gasteiger partial charge < -0.3 is 10.2 Å². The first-order valence-corrected chi connectivity index (χ1v) is 8.40. The molecule has 0 aromatic carbocycles. The quantitative estimate of drug-likeness (QED) is 0.670. The van der Waals surface area contributed by atoms with Gasteiger partial charge in [-0.05, 0) is 19.3 Å². The van der Waals surface area contributed by atoms with E-state index in [4.69, 9.17) is 0 Å². The van der Waals surface area contributed by atoms with E-state index in [1.54, 1.807) is 11.3 Å². The Hall–Kier alpha value is -1.10. The molecule has 0 atom stereocenters. The topological polar surface area (TPSA) is 40.5 Å². The summed E-state index contributed by atoms with van der Waals surface area (Å²) in [4.78, 5) is 11.0. The van der Waals surface area contributed by atoms with E-state index in [0.29, 0.717) is 0 Å². The van der Waals surface area contributed by atoms with Crippen LogP contribution in [0.3, 0.4) is 0 Å². The number of nitrogens with one attached hydrogen (secondary N) is 1. The zero-order valence-electron chi connectivity index (χ0n) is 12.9. The Morgan fingerprint density at radius 1 is 1.50 bits per heavy atom. The molecular weight excluding hydrogens is 268 g/mol. The van der Waals surface area contributed by atoms with Crippen molar-refractivity contribution < 1.29 is 0 Å². The molecule has 1 aliphatic rings. The normalized spacial score (nSPS) is 16.6. The van der Waals surface area contributed by atoms with Gasteiger partial charge in [0, 0.05) is 26.0 Å². The van der Waals surface area contributed by atoms with Crippen LogP contribution in [0.1, 0.15) is 42.8 Å². The number of aliphatic imine (C=N–C) groups is 1. The molecule has 1 fully saturated rings. The maximum Gasteiger partial charge on any atom is 0.193 e. The van der Waals surface area contributed by atoms with Gasteiger partial charge in [-0.15, -0.1) is 11.3 Å². The van der Waals surface area contributed by atoms with Gasteiger partial charge in [-0.2, -0.15) is 0 Å². The molecule has 1 heterocycles. The van der Waals surface area contributed by atoms with Crippen LogP contribution in [-0.2, 0) is 6.54 Å². The molecule has 1 saturated carbocycles. The van der Waals surface area contributed by atoms with Gasteiger partial charge >= 0.3 is 0 Å². The van der Waals surface area contributed by atoms with Crippen molar-refractivity contribution in [3.63, 3.8) is 0 Å². The Bertz CT molecular complexity index is 435. The summed E-state index contributed by atoms with van der Waals surface area (Å²) in [5, 5.41) is 6.72. The standard InChI is InChI=1S/C15H26N4S/c1-12-18-14(11-20-12)10-19(3)15(16-2)17-9-8-13-6-4-5-7-13/h11,13H,4-10H2,1-3H3,(H,16,17). The highest BCUT2D eigenvalue weighted by atomic mass is 32.1. The van der Waals surface area contributed by atoms with Crippen LogP contribution in [0.15, 0.2) is 10.4 Å². The Morgan fingerprint density at radius 3 is 2.85 bits per heavy atom. The molecular formula is C15H26N4S. The van der Waals surface area contributed by atoms with E-state index in [-0.39, 0.29) is 0 Å². The molecule has 2 rings (SSSR count). The Kier molecular flexibility index (Phi) is 5.83. The fourth-order valence-corrected chi connectivity index (χ4v) is 3.47. The van der Waals surface area contributed by atoms with Crippen LogP contribution < -0.4 is 5.32 Å². The molecule has 0 aliphatic heterocycles. The van der Waals surface area contributed by atoms with Crippen molar-refractivity contribution >= 4 is 17.3 Å². The minimum atomic E-state index is 0.813. The lowest BCUT2D eigenvalue weighted by Gasteiger charge is -2.21. The number of guanidine groups is 1. The van der Waals surface area contributed by atoms with E-state index < -0.39 is 0 Å². The highest BCUT2D eigenvalue weighted by molar-refractivity contribution is 7.09. The fourth-order valence-electron chi connectivity index (χ4n) is 2.87. The van der Waals surface area contributed by atoms with E-state index >= 15 is 0 Å². The summed E-state index contributed by atoms with van der Waals surface area (Å²) in [7, 11) is 3.92. The van der Waals surface area contributed by atoms with Crippen molar-refractivity contribution in [3.8, 4) is 0 Å². The number of hydrogen-bond acceptors (Lipinski definition) is 3.